The maximum atomic E-state index is 13.6. The average Bonchev–Trinajstić information content (AvgIpc) is 2.94. The lowest BCUT2D eigenvalue weighted by Crippen LogP contribution is -2.58. The Hall–Kier alpha value is -4.45. The molecule has 0 aliphatic rings. The first-order valence-corrected chi connectivity index (χ1v) is 13.6. The monoisotopic (exact) mass is 584 g/mol. The Kier molecular flexibility index (Phi) is 13.4. The third-order valence-electron chi connectivity index (χ3n) is 6.68. The highest BCUT2D eigenvalue weighted by atomic mass is 16.5. The predicted octanol–water partition coefficient (Wildman–Crippen LogP) is 1.59. The predicted molar refractivity (Wildman–Crippen MR) is 154 cm³/mol. The van der Waals surface area contributed by atoms with Gasteiger partial charge in [0.2, 0.25) is 17.7 Å². The van der Waals surface area contributed by atoms with E-state index < -0.39 is 66.4 Å². The molecule has 0 heterocycles. The van der Waals surface area contributed by atoms with Crippen LogP contribution in [0.5, 0.6) is 0 Å². The molecule has 0 aliphatic heterocycles. The molecule has 12 heteroatoms. The molecule has 0 saturated carbocycles. The van der Waals surface area contributed by atoms with Crippen LogP contribution in [0.1, 0.15) is 44.2 Å². The smallest absolute Gasteiger partial charge is 0.408 e. The number of alkyl carbamates (subject to hydrolysis) is 1. The van der Waals surface area contributed by atoms with Gasteiger partial charge in [-0.2, -0.15) is 0 Å². The molecule has 0 saturated heterocycles. The lowest BCUT2D eigenvalue weighted by Gasteiger charge is -2.33. The second-order valence-electron chi connectivity index (χ2n) is 10.4. The zero-order valence-corrected chi connectivity index (χ0v) is 24.1. The summed E-state index contributed by atoms with van der Waals surface area (Å²) in [6, 6.07) is 14.6. The first-order chi connectivity index (χ1) is 19.9. The van der Waals surface area contributed by atoms with Crippen molar-refractivity contribution >= 4 is 29.8 Å². The summed E-state index contributed by atoms with van der Waals surface area (Å²) in [5.74, 6) is -3.67. The van der Waals surface area contributed by atoms with Crippen molar-refractivity contribution in [3.63, 3.8) is 0 Å². The van der Waals surface area contributed by atoms with Crippen LogP contribution in [0.4, 0.5) is 4.79 Å². The highest BCUT2D eigenvalue weighted by Gasteiger charge is 2.35. The summed E-state index contributed by atoms with van der Waals surface area (Å²) >= 11 is 0. The molecule has 0 aromatic heterocycles. The van der Waals surface area contributed by atoms with Crippen molar-refractivity contribution < 1.29 is 38.9 Å². The van der Waals surface area contributed by atoms with Gasteiger partial charge in [-0.25, -0.2) is 4.79 Å². The molecule has 0 unspecified atom stereocenters. The molecule has 0 radical (unpaired) electrons. The van der Waals surface area contributed by atoms with Crippen LogP contribution in [0.25, 0.3) is 0 Å². The SMILES string of the molecule is CC(C)[C@H](NC(=O)OCc1ccccc1)C(=O)N(C)[C@@H](CCC(N)=O)C(=O)N[C@@H](Cc1ccccc1)[C@@H](O)CC(=O)O. The fraction of sp³-hybridized carbons (Fsp3) is 0.433. The van der Waals surface area contributed by atoms with E-state index in [1.165, 1.54) is 7.05 Å². The fourth-order valence-electron chi connectivity index (χ4n) is 4.31. The number of nitrogens with two attached hydrogens (primary N) is 1. The molecule has 2 aromatic carbocycles. The lowest BCUT2D eigenvalue weighted by atomic mass is 9.97. The number of nitrogens with one attached hydrogen (secondary N) is 2. The van der Waals surface area contributed by atoms with E-state index in [2.05, 4.69) is 10.6 Å². The van der Waals surface area contributed by atoms with Crippen molar-refractivity contribution in [2.24, 2.45) is 11.7 Å². The second kappa shape index (κ2) is 16.7. The molecule has 0 spiro atoms. The number of benzene rings is 2. The van der Waals surface area contributed by atoms with E-state index in [0.717, 1.165) is 16.0 Å². The Morgan fingerprint density at radius 2 is 1.50 bits per heavy atom. The van der Waals surface area contributed by atoms with Gasteiger partial charge < -0.3 is 36.2 Å². The molecule has 0 bridgehead atoms. The summed E-state index contributed by atoms with van der Waals surface area (Å²) in [6.45, 7) is 3.42. The third-order valence-corrected chi connectivity index (χ3v) is 6.68. The van der Waals surface area contributed by atoms with Crippen LogP contribution < -0.4 is 16.4 Å². The number of carbonyl (C=O) groups excluding carboxylic acids is 4. The van der Waals surface area contributed by atoms with Crippen LogP contribution >= 0.6 is 0 Å². The minimum Gasteiger partial charge on any atom is -0.481 e. The molecule has 6 N–H and O–H groups in total. The lowest BCUT2D eigenvalue weighted by molar-refractivity contribution is -0.143. The number of carboxylic acid groups (broad SMARTS) is 1. The van der Waals surface area contributed by atoms with Gasteiger partial charge >= 0.3 is 12.1 Å². The number of ether oxygens (including phenoxy) is 1. The number of carboxylic acids is 1. The molecule has 228 valence electrons. The van der Waals surface area contributed by atoms with Crippen molar-refractivity contribution in [1.82, 2.24) is 15.5 Å². The topological polar surface area (TPSA) is 188 Å². The van der Waals surface area contributed by atoms with Crippen LogP contribution in [0.2, 0.25) is 0 Å². The number of rotatable bonds is 16. The Bertz CT molecular complexity index is 1190. The molecule has 0 fully saturated rings. The van der Waals surface area contributed by atoms with Crippen LogP contribution in [-0.4, -0.2) is 76.2 Å². The van der Waals surface area contributed by atoms with E-state index in [4.69, 9.17) is 10.5 Å². The number of amides is 4. The van der Waals surface area contributed by atoms with Gasteiger partial charge in [0, 0.05) is 13.5 Å². The minimum absolute atomic E-state index is 0.00731. The maximum absolute atomic E-state index is 13.6. The number of likely N-dealkylation sites (N-methyl/N-ethyl adjacent to an activating group) is 1. The summed E-state index contributed by atoms with van der Waals surface area (Å²) in [7, 11) is 1.36. The Morgan fingerprint density at radius 3 is 2.02 bits per heavy atom. The summed E-state index contributed by atoms with van der Waals surface area (Å²) in [6.07, 6.45) is -3.13. The van der Waals surface area contributed by atoms with Gasteiger partial charge in [0.05, 0.1) is 18.6 Å². The minimum atomic E-state index is -1.44. The first-order valence-electron chi connectivity index (χ1n) is 13.6. The average molecular weight is 585 g/mol. The van der Waals surface area contributed by atoms with E-state index in [0.29, 0.717) is 0 Å². The van der Waals surface area contributed by atoms with E-state index in [1.54, 1.807) is 68.4 Å². The van der Waals surface area contributed by atoms with Gasteiger partial charge in [-0.3, -0.25) is 19.2 Å². The summed E-state index contributed by atoms with van der Waals surface area (Å²) < 4.78 is 5.26. The van der Waals surface area contributed by atoms with Crippen molar-refractivity contribution in [2.45, 2.75) is 70.4 Å². The Balaban J connectivity index is 2.22. The summed E-state index contributed by atoms with van der Waals surface area (Å²) in [4.78, 5) is 63.7. The summed E-state index contributed by atoms with van der Waals surface area (Å²) in [5, 5.41) is 25.1. The van der Waals surface area contributed by atoms with Crippen LogP contribution in [0.15, 0.2) is 60.7 Å². The van der Waals surface area contributed by atoms with Gasteiger partial charge in [0.1, 0.15) is 18.7 Å². The second-order valence-corrected chi connectivity index (χ2v) is 10.4. The van der Waals surface area contributed by atoms with Gasteiger partial charge in [0.25, 0.3) is 0 Å². The molecule has 0 aliphatic carbocycles. The molecule has 4 amide bonds. The largest absolute Gasteiger partial charge is 0.481 e. The number of carbonyl (C=O) groups is 5. The van der Waals surface area contributed by atoms with E-state index in [9.17, 15) is 34.2 Å². The van der Waals surface area contributed by atoms with Crippen molar-refractivity contribution in [1.29, 1.82) is 0 Å². The molecule has 2 rings (SSSR count). The first kappa shape index (κ1) is 33.8. The summed E-state index contributed by atoms with van der Waals surface area (Å²) in [5.41, 5.74) is 6.83. The Labute approximate surface area is 245 Å². The molecular weight excluding hydrogens is 544 g/mol. The quantitative estimate of drug-likeness (QED) is 0.197. The molecular formula is C30H40N4O8. The number of primary amides is 1. The van der Waals surface area contributed by atoms with Crippen molar-refractivity contribution in [2.75, 3.05) is 7.05 Å². The third kappa shape index (κ3) is 11.2. The number of aliphatic hydroxyl groups is 1. The number of nitrogens with zero attached hydrogens (tertiary/aromatic N) is 1. The van der Waals surface area contributed by atoms with Crippen molar-refractivity contribution in [3.05, 3.63) is 71.8 Å². The van der Waals surface area contributed by atoms with E-state index >= 15 is 0 Å². The van der Waals surface area contributed by atoms with Gasteiger partial charge in [-0.1, -0.05) is 74.5 Å². The number of hydrogen-bond acceptors (Lipinski definition) is 7. The molecule has 12 nitrogen and oxygen atoms in total. The van der Waals surface area contributed by atoms with Gasteiger partial charge in [-0.15, -0.1) is 0 Å². The van der Waals surface area contributed by atoms with Gasteiger partial charge in [0.15, 0.2) is 0 Å². The van der Waals surface area contributed by atoms with E-state index in [-0.39, 0.29) is 25.9 Å². The maximum Gasteiger partial charge on any atom is 0.408 e. The molecule has 2 aromatic rings. The zero-order valence-electron chi connectivity index (χ0n) is 24.1. The number of hydrogen-bond donors (Lipinski definition) is 5. The van der Waals surface area contributed by atoms with Gasteiger partial charge in [-0.05, 0) is 29.9 Å². The van der Waals surface area contributed by atoms with Crippen LogP contribution in [-0.2, 0) is 36.9 Å². The highest BCUT2D eigenvalue weighted by molar-refractivity contribution is 5.92. The zero-order chi connectivity index (χ0) is 31.2. The highest BCUT2D eigenvalue weighted by Crippen LogP contribution is 2.15. The Morgan fingerprint density at radius 1 is 0.929 bits per heavy atom. The van der Waals surface area contributed by atoms with Crippen LogP contribution in [0.3, 0.4) is 0 Å². The number of aliphatic carboxylic acids is 1. The normalized spacial score (nSPS) is 13.7. The fourth-order valence-corrected chi connectivity index (χ4v) is 4.31. The standard InChI is InChI=1S/C30H40N4O8/c1-19(2)27(33-30(41)42-18-21-12-8-5-9-13-21)29(40)34(3)23(14-15-25(31)36)28(39)32-22(24(35)17-26(37)38)16-20-10-6-4-7-11-20/h4-13,19,22-24,27,35H,14-18H2,1-3H3,(H2,31,36)(H,32,39)(H,33,41)(H,37,38)/t22-,23-,24-,27-/m0/s1. The van der Waals surface area contributed by atoms with Crippen molar-refractivity contribution in [3.8, 4) is 0 Å². The molecule has 4 atom stereocenters. The number of aliphatic hydroxyl groups excluding tert-OH is 1. The van der Waals surface area contributed by atoms with Crippen LogP contribution in [0, 0.1) is 5.92 Å². The molecule has 42 heavy (non-hydrogen) atoms. The van der Waals surface area contributed by atoms with E-state index in [1.807, 2.05) is 6.07 Å².